The number of rotatable bonds is 8. The molecule has 208 valence electrons. The quantitative estimate of drug-likeness (QED) is 0.266. The lowest BCUT2D eigenvalue weighted by molar-refractivity contribution is -0.0440. The number of nitrogens with zero attached hydrogens (tertiary/aromatic N) is 1. The second-order valence-corrected chi connectivity index (χ2v) is 12.0. The van der Waals surface area contributed by atoms with Gasteiger partial charge in [0.05, 0.1) is 29.3 Å². The number of ketones is 1. The van der Waals surface area contributed by atoms with E-state index in [-0.39, 0.29) is 53.8 Å². The smallest absolute Gasteiger partial charge is 0.293 e. The highest BCUT2D eigenvalue weighted by Gasteiger charge is 2.32. The van der Waals surface area contributed by atoms with E-state index in [2.05, 4.69) is 10.6 Å². The van der Waals surface area contributed by atoms with Crippen molar-refractivity contribution in [3.63, 3.8) is 0 Å². The minimum absolute atomic E-state index is 0.000797. The molecule has 11 heteroatoms. The third kappa shape index (κ3) is 5.90. The van der Waals surface area contributed by atoms with Gasteiger partial charge in [-0.3, -0.25) is 9.59 Å². The van der Waals surface area contributed by atoms with Gasteiger partial charge in [0.1, 0.15) is 5.58 Å². The molecule has 0 aliphatic carbocycles. The van der Waals surface area contributed by atoms with Crippen molar-refractivity contribution in [2.45, 2.75) is 31.0 Å². The average molecular weight is 582 g/mol. The molecule has 1 aliphatic heterocycles. The summed E-state index contributed by atoms with van der Waals surface area (Å²) in [6, 6.07) is 19.8. The number of fused-ring (bicyclic) bond motifs is 1. The van der Waals surface area contributed by atoms with Crippen molar-refractivity contribution in [1.29, 1.82) is 0 Å². The topological polar surface area (TPSA) is 118 Å². The van der Waals surface area contributed by atoms with Crippen LogP contribution < -0.4 is 10.6 Å². The van der Waals surface area contributed by atoms with Crippen molar-refractivity contribution >= 4 is 55.7 Å². The third-order valence-electron chi connectivity index (χ3n) is 6.49. The Labute approximate surface area is 237 Å². The van der Waals surface area contributed by atoms with Crippen LogP contribution in [0, 0.1) is 0 Å². The van der Waals surface area contributed by atoms with E-state index in [1.165, 1.54) is 16.4 Å². The number of furan rings is 1. The number of ether oxygens (including phenoxy) is 1. The number of hydrogen-bond donors (Lipinski definition) is 2. The van der Waals surface area contributed by atoms with Gasteiger partial charge >= 0.3 is 0 Å². The second-order valence-electron chi connectivity index (χ2n) is 9.65. The number of halogens is 1. The molecule has 2 atom stereocenters. The summed E-state index contributed by atoms with van der Waals surface area (Å²) in [5, 5.41) is 6.89. The van der Waals surface area contributed by atoms with Gasteiger partial charge in [0.2, 0.25) is 15.8 Å². The monoisotopic (exact) mass is 581 g/mol. The number of nitrogens with one attached hydrogen (secondary N) is 2. The Bertz CT molecular complexity index is 1680. The molecule has 2 heterocycles. The molecule has 2 unspecified atom stereocenters. The maximum atomic E-state index is 13.3. The molecule has 2 N–H and O–H groups in total. The van der Waals surface area contributed by atoms with E-state index in [9.17, 15) is 18.0 Å². The summed E-state index contributed by atoms with van der Waals surface area (Å²) < 4.78 is 39.5. The molecular formula is C29H28ClN3O6S. The molecule has 1 fully saturated rings. The van der Waals surface area contributed by atoms with Crippen LogP contribution in [0.3, 0.4) is 0 Å². The normalized spacial score (nSPS) is 18.0. The average Bonchev–Trinajstić information content (AvgIpc) is 3.30. The van der Waals surface area contributed by atoms with Crippen molar-refractivity contribution in [3.8, 4) is 0 Å². The Morgan fingerprint density at radius 3 is 2.45 bits per heavy atom. The van der Waals surface area contributed by atoms with E-state index in [1.807, 2.05) is 13.8 Å². The molecule has 1 amide bonds. The van der Waals surface area contributed by atoms with Crippen LogP contribution in [0.1, 0.15) is 34.8 Å². The molecule has 9 nitrogen and oxygen atoms in total. The number of sulfonamides is 1. The first kappa shape index (κ1) is 27.9. The highest BCUT2D eigenvalue weighted by atomic mass is 35.5. The number of amides is 1. The van der Waals surface area contributed by atoms with Crippen LogP contribution in [0.4, 0.5) is 11.4 Å². The Morgan fingerprint density at radius 1 is 0.975 bits per heavy atom. The highest BCUT2D eigenvalue weighted by molar-refractivity contribution is 7.89. The highest BCUT2D eigenvalue weighted by Crippen LogP contribution is 2.32. The van der Waals surface area contributed by atoms with Gasteiger partial charge in [-0.15, -0.1) is 0 Å². The first-order chi connectivity index (χ1) is 19.1. The molecule has 1 aromatic heterocycles. The van der Waals surface area contributed by atoms with Gasteiger partial charge < -0.3 is 19.8 Å². The lowest BCUT2D eigenvalue weighted by Gasteiger charge is -2.34. The van der Waals surface area contributed by atoms with Crippen molar-refractivity contribution in [2.75, 3.05) is 30.3 Å². The Balaban J connectivity index is 1.36. The second kappa shape index (κ2) is 11.4. The van der Waals surface area contributed by atoms with E-state index in [0.29, 0.717) is 27.4 Å². The van der Waals surface area contributed by atoms with Crippen LogP contribution in [0.15, 0.2) is 82.1 Å². The molecular weight excluding hydrogens is 554 g/mol. The molecule has 3 aromatic carbocycles. The van der Waals surface area contributed by atoms with Gasteiger partial charge in [-0.25, -0.2) is 8.42 Å². The fourth-order valence-electron chi connectivity index (χ4n) is 4.71. The summed E-state index contributed by atoms with van der Waals surface area (Å²) in [6.45, 7) is 3.93. The van der Waals surface area contributed by atoms with Crippen molar-refractivity contribution in [1.82, 2.24) is 4.31 Å². The summed E-state index contributed by atoms with van der Waals surface area (Å²) in [4.78, 5) is 26.4. The van der Waals surface area contributed by atoms with Crippen molar-refractivity contribution < 1.29 is 27.2 Å². The predicted molar refractivity (Wildman–Crippen MR) is 154 cm³/mol. The molecule has 4 aromatic rings. The minimum atomic E-state index is -3.82. The van der Waals surface area contributed by atoms with E-state index in [1.54, 1.807) is 60.7 Å². The van der Waals surface area contributed by atoms with Gasteiger partial charge in [0.25, 0.3) is 5.91 Å². The van der Waals surface area contributed by atoms with Gasteiger partial charge in [0, 0.05) is 34.7 Å². The standard InChI is InChI=1S/C29H28ClN3O6S/c1-18-16-33(17-19(2)38-18)40(36,37)23-10-5-7-20(13-23)25(34)15-31-27-24-11-3-4-12-26(24)39-28(27)29(35)32-22-9-6-8-21(30)14-22/h3-14,18-19,31H,15-17H2,1-2H3,(H,32,35). The molecule has 0 saturated carbocycles. The molecule has 1 saturated heterocycles. The number of hydrogen-bond acceptors (Lipinski definition) is 7. The van der Waals surface area contributed by atoms with E-state index < -0.39 is 15.9 Å². The van der Waals surface area contributed by atoms with Crippen LogP contribution >= 0.6 is 11.6 Å². The summed E-state index contributed by atoms with van der Waals surface area (Å²) in [5.41, 5.74) is 1.53. The first-order valence-corrected chi connectivity index (χ1v) is 14.5. The fraction of sp³-hybridized carbons (Fsp3) is 0.241. The molecule has 1 aliphatic rings. The van der Waals surface area contributed by atoms with Gasteiger partial charge in [-0.05, 0) is 56.3 Å². The van der Waals surface area contributed by atoms with E-state index in [0.717, 1.165) is 0 Å². The summed E-state index contributed by atoms with van der Waals surface area (Å²) >= 11 is 6.04. The van der Waals surface area contributed by atoms with E-state index in [4.69, 9.17) is 20.8 Å². The number of carbonyl (C=O) groups is 2. The number of carbonyl (C=O) groups excluding carboxylic acids is 2. The van der Waals surface area contributed by atoms with Gasteiger partial charge in [0.15, 0.2) is 5.78 Å². The lowest BCUT2D eigenvalue weighted by Crippen LogP contribution is -2.48. The Hall–Kier alpha value is -3.70. The number of anilines is 2. The van der Waals surface area contributed by atoms with Crippen LogP contribution in [-0.4, -0.2) is 56.3 Å². The Kier molecular flexibility index (Phi) is 7.95. The lowest BCUT2D eigenvalue weighted by atomic mass is 10.1. The van der Waals surface area contributed by atoms with Crippen LogP contribution in [-0.2, 0) is 14.8 Å². The number of benzene rings is 3. The largest absolute Gasteiger partial charge is 0.449 e. The van der Waals surface area contributed by atoms with Crippen molar-refractivity contribution in [2.24, 2.45) is 0 Å². The van der Waals surface area contributed by atoms with Crippen LogP contribution in [0.5, 0.6) is 0 Å². The molecule has 5 rings (SSSR count). The minimum Gasteiger partial charge on any atom is -0.449 e. The fourth-order valence-corrected chi connectivity index (χ4v) is 6.54. The maximum absolute atomic E-state index is 13.3. The number of para-hydroxylation sites is 1. The SMILES string of the molecule is CC1CN(S(=O)(=O)c2cccc(C(=O)CNc3c(C(=O)Nc4cccc(Cl)c4)oc4ccccc34)c2)CC(C)O1. The zero-order valence-electron chi connectivity index (χ0n) is 21.9. The predicted octanol–water partition coefficient (Wildman–Crippen LogP) is 5.43. The summed E-state index contributed by atoms with van der Waals surface area (Å²) in [5.74, 6) is -0.872. The third-order valence-corrected chi connectivity index (χ3v) is 8.55. The first-order valence-electron chi connectivity index (χ1n) is 12.7. The van der Waals surface area contributed by atoms with Gasteiger partial charge in [-0.2, -0.15) is 4.31 Å². The van der Waals surface area contributed by atoms with Crippen LogP contribution in [0.25, 0.3) is 11.0 Å². The van der Waals surface area contributed by atoms with Crippen LogP contribution in [0.2, 0.25) is 5.02 Å². The zero-order valence-corrected chi connectivity index (χ0v) is 23.5. The van der Waals surface area contributed by atoms with E-state index >= 15 is 0 Å². The summed E-state index contributed by atoms with van der Waals surface area (Å²) in [6.07, 6.45) is -0.467. The zero-order chi connectivity index (χ0) is 28.4. The summed E-state index contributed by atoms with van der Waals surface area (Å²) in [7, 11) is -3.82. The maximum Gasteiger partial charge on any atom is 0.293 e. The van der Waals surface area contributed by atoms with Crippen molar-refractivity contribution in [3.05, 3.63) is 89.1 Å². The number of Topliss-reactive ketones (excluding diaryl/α,β-unsaturated/α-hetero) is 1. The van der Waals surface area contributed by atoms with Gasteiger partial charge in [-0.1, -0.05) is 41.9 Å². The molecule has 0 bridgehead atoms. The molecule has 40 heavy (non-hydrogen) atoms. The molecule has 0 radical (unpaired) electrons. The Morgan fingerprint density at radius 2 is 1.70 bits per heavy atom. The number of morpholine rings is 1. The molecule has 0 spiro atoms.